The number of benzene rings is 1. The van der Waals surface area contributed by atoms with Gasteiger partial charge in [-0.15, -0.1) is 0 Å². The Labute approximate surface area is 196 Å². The fourth-order valence-corrected chi connectivity index (χ4v) is 7.29. The van der Waals surface area contributed by atoms with E-state index in [4.69, 9.17) is 10.8 Å². The Morgan fingerprint density at radius 3 is 2.39 bits per heavy atom. The molecule has 0 saturated heterocycles. The lowest BCUT2D eigenvalue weighted by atomic mass is 9.47. The SMILES string of the molecule is C[C@]12CCC(=O)C=C1CC[C@@H]1[C@@H]2CC[C@]2(C)C(=O)CC[C@@H]12.N[C@@H](Cc1ccccc1)C(=O)O. The predicted octanol–water partition coefficient (Wildman–Crippen LogP) is 4.73. The van der Waals surface area contributed by atoms with Gasteiger partial charge >= 0.3 is 5.97 Å². The molecule has 3 fully saturated rings. The van der Waals surface area contributed by atoms with E-state index in [1.807, 2.05) is 36.4 Å². The highest BCUT2D eigenvalue weighted by Gasteiger charge is 2.58. The number of carboxylic acids is 1. The number of ketones is 2. The van der Waals surface area contributed by atoms with Crippen molar-refractivity contribution in [2.24, 2.45) is 34.3 Å². The molecule has 33 heavy (non-hydrogen) atoms. The van der Waals surface area contributed by atoms with Gasteiger partial charge in [-0.25, -0.2) is 0 Å². The van der Waals surface area contributed by atoms with Crippen LogP contribution in [0, 0.1) is 28.6 Å². The molecule has 4 aliphatic carbocycles. The van der Waals surface area contributed by atoms with Crippen LogP contribution in [-0.4, -0.2) is 28.7 Å². The molecular formula is C28H37NO4. The summed E-state index contributed by atoms with van der Waals surface area (Å²) >= 11 is 0. The van der Waals surface area contributed by atoms with Gasteiger partial charge in [0.25, 0.3) is 0 Å². The molecule has 0 spiro atoms. The zero-order valence-electron chi connectivity index (χ0n) is 19.9. The van der Waals surface area contributed by atoms with Gasteiger partial charge in [0.15, 0.2) is 5.78 Å². The number of nitrogens with two attached hydrogens (primary N) is 1. The van der Waals surface area contributed by atoms with Crippen LogP contribution in [0.25, 0.3) is 0 Å². The van der Waals surface area contributed by atoms with Crippen LogP contribution in [0.4, 0.5) is 0 Å². The summed E-state index contributed by atoms with van der Waals surface area (Å²) in [7, 11) is 0. The van der Waals surface area contributed by atoms with E-state index in [1.54, 1.807) is 0 Å². The van der Waals surface area contributed by atoms with Gasteiger partial charge in [-0.1, -0.05) is 49.8 Å². The first kappa shape index (κ1) is 23.9. The largest absolute Gasteiger partial charge is 0.480 e. The minimum atomic E-state index is -0.959. The molecule has 0 aromatic heterocycles. The van der Waals surface area contributed by atoms with Gasteiger partial charge in [-0.2, -0.15) is 0 Å². The lowest BCUT2D eigenvalue weighted by molar-refractivity contribution is -0.138. The van der Waals surface area contributed by atoms with Crippen molar-refractivity contribution in [1.29, 1.82) is 0 Å². The number of aliphatic carboxylic acids is 1. The fourth-order valence-electron chi connectivity index (χ4n) is 7.29. The van der Waals surface area contributed by atoms with Crippen LogP contribution >= 0.6 is 0 Å². The van der Waals surface area contributed by atoms with Gasteiger partial charge in [0.2, 0.25) is 0 Å². The molecule has 6 atom stereocenters. The number of carbonyl (C=O) groups excluding carboxylic acids is 2. The molecule has 5 nitrogen and oxygen atoms in total. The Morgan fingerprint density at radius 2 is 1.70 bits per heavy atom. The Bertz CT molecular complexity index is 954. The second kappa shape index (κ2) is 9.17. The third-order valence-electron chi connectivity index (χ3n) is 9.29. The molecular weight excluding hydrogens is 414 g/mol. The standard InChI is InChI=1S/C19H26O2.C9H11NO2/c1-18-9-7-13(20)11-12(18)3-4-14-15-5-6-17(21)19(15,2)10-8-16(14)18;10-8(9(11)12)6-7-4-2-1-3-5-7/h11,14-16H,3-10H2,1-2H3;1-5,8H,6,10H2,(H,11,12)/t14-,15-,16-,18-,19-;8-/m00/s1. The molecule has 3 saturated carbocycles. The molecule has 3 N–H and O–H groups in total. The highest BCUT2D eigenvalue weighted by atomic mass is 16.4. The summed E-state index contributed by atoms with van der Waals surface area (Å²) in [4.78, 5) is 34.5. The zero-order valence-corrected chi connectivity index (χ0v) is 19.9. The van der Waals surface area contributed by atoms with Gasteiger partial charge in [0.1, 0.15) is 11.8 Å². The summed E-state index contributed by atoms with van der Waals surface area (Å²) in [6.45, 7) is 4.64. The minimum Gasteiger partial charge on any atom is -0.480 e. The van der Waals surface area contributed by atoms with Gasteiger partial charge in [0.05, 0.1) is 0 Å². The summed E-state index contributed by atoms with van der Waals surface area (Å²) in [6.07, 6.45) is 10.6. The van der Waals surface area contributed by atoms with E-state index in [2.05, 4.69) is 13.8 Å². The highest BCUT2D eigenvalue weighted by molar-refractivity contribution is 5.91. The number of rotatable bonds is 3. The van der Waals surface area contributed by atoms with Gasteiger partial charge in [-0.3, -0.25) is 14.4 Å². The molecule has 0 unspecified atom stereocenters. The van der Waals surface area contributed by atoms with E-state index < -0.39 is 12.0 Å². The van der Waals surface area contributed by atoms with Crippen molar-refractivity contribution in [3.63, 3.8) is 0 Å². The van der Waals surface area contributed by atoms with E-state index in [1.165, 1.54) is 18.4 Å². The number of fused-ring (bicyclic) bond motifs is 5. The second-order valence-electron chi connectivity index (χ2n) is 11.0. The molecule has 4 aliphatic rings. The maximum atomic E-state index is 12.4. The molecule has 1 aromatic rings. The highest BCUT2D eigenvalue weighted by Crippen LogP contribution is 2.64. The summed E-state index contributed by atoms with van der Waals surface area (Å²) in [6, 6.07) is 8.54. The van der Waals surface area contributed by atoms with Crippen molar-refractivity contribution in [3.05, 3.63) is 47.5 Å². The van der Waals surface area contributed by atoms with Crippen molar-refractivity contribution < 1.29 is 19.5 Å². The lowest BCUT2D eigenvalue weighted by Crippen LogP contribution is -2.50. The van der Waals surface area contributed by atoms with E-state index in [0.717, 1.165) is 44.1 Å². The lowest BCUT2D eigenvalue weighted by Gasteiger charge is -2.56. The second-order valence-corrected chi connectivity index (χ2v) is 11.0. The number of Topliss-reactive ketones (excluding diaryl/α,β-unsaturated/α-hetero) is 1. The Kier molecular flexibility index (Phi) is 6.63. The van der Waals surface area contributed by atoms with E-state index in [0.29, 0.717) is 35.7 Å². The number of carbonyl (C=O) groups is 3. The summed E-state index contributed by atoms with van der Waals surface area (Å²) in [5.74, 6) is 1.92. The summed E-state index contributed by atoms with van der Waals surface area (Å²) < 4.78 is 0. The van der Waals surface area contributed by atoms with Crippen LogP contribution in [-0.2, 0) is 20.8 Å². The summed E-state index contributed by atoms with van der Waals surface area (Å²) in [5, 5.41) is 8.52. The number of hydrogen-bond acceptors (Lipinski definition) is 4. The van der Waals surface area contributed by atoms with Gasteiger partial charge in [-0.05, 0) is 79.8 Å². The maximum absolute atomic E-state index is 12.4. The van der Waals surface area contributed by atoms with Crippen LogP contribution in [0.5, 0.6) is 0 Å². The summed E-state index contributed by atoms with van der Waals surface area (Å²) in [5.41, 5.74) is 7.94. The molecule has 5 heteroatoms. The van der Waals surface area contributed by atoms with E-state index in [-0.39, 0.29) is 10.8 Å². The van der Waals surface area contributed by atoms with Crippen molar-refractivity contribution >= 4 is 17.5 Å². The topological polar surface area (TPSA) is 97.5 Å². The first-order valence-electron chi connectivity index (χ1n) is 12.4. The number of allylic oxidation sites excluding steroid dienone is 1. The molecule has 5 rings (SSSR count). The van der Waals surface area contributed by atoms with Crippen LogP contribution in [0.1, 0.15) is 70.8 Å². The normalized spacial score (nSPS) is 35.8. The molecule has 0 heterocycles. The molecule has 0 amide bonds. The number of hydrogen-bond donors (Lipinski definition) is 2. The Hall–Kier alpha value is -2.27. The average molecular weight is 452 g/mol. The molecule has 0 bridgehead atoms. The van der Waals surface area contributed by atoms with Crippen LogP contribution in [0.15, 0.2) is 42.0 Å². The van der Waals surface area contributed by atoms with Crippen LogP contribution in [0.3, 0.4) is 0 Å². The van der Waals surface area contributed by atoms with Crippen LogP contribution in [0.2, 0.25) is 0 Å². The molecule has 0 aliphatic heterocycles. The van der Waals surface area contributed by atoms with Crippen LogP contribution < -0.4 is 5.73 Å². The molecule has 0 radical (unpaired) electrons. The van der Waals surface area contributed by atoms with Gasteiger partial charge in [0, 0.05) is 18.3 Å². The van der Waals surface area contributed by atoms with Crippen molar-refractivity contribution in [2.75, 3.05) is 0 Å². The minimum absolute atomic E-state index is 0.0246. The number of carboxylic acid groups (broad SMARTS) is 1. The smallest absolute Gasteiger partial charge is 0.320 e. The van der Waals surface area contributed by atoms with Gasteiger partial charge < -0.3 is 10.8 Å². The van der Waals surface area contributed by atoms with Crippen molar-refractivity contribution in [1.82, 2.24) is 0 Å². The predicted molar refractivity (Wildman–Crippen MR) is 127 cm³/mol. The average Bonchev–Trinajstić information content (AvgIpc) is 3.10. The fraction of sp³-hybridized carbons (Fsp3) is 0.607. The third kappa shape index (κ3) is 4.44. The van der Waals surface area contributed by atoms with Crippen molar-refractivity contribution in [2.45, 2.75) is 77.7 Å². The molecule has 1 aromatic carbocycles. The molecule has 178 valence electrons. The zero-order chi connectivity index (χ0) is 23.8. The van der Waals surface area contributed by atoms with Crippen molar-refractivity contribution in [3.8, 4) is 0 Å². The maximum Gasteiger partial charge on any atom is 0.320 e. The first-order valence-corrected chi connectivity index (χ1v) is 12.4. The quantitative estimate of drug-likeness (QED) is 0.692. The van der Waals surface area contributed by atoms with E-state index >= 15 is 0 Å². The first-order chi connectivity index (χ1) is 15.6. The third-order valence-corrected chi connectivity index (χ3v) is 9.29. The Balaban J connectivity index is 0.000000185. The monoisotopic (exact) mass is 451 g/mol. The van der Waals surface area contributed by atoms with E-state index in [9.17, 15) is 14.4 Å². The Morgan fingerprint density at radius 1 is 1.00 bits per heavy atom.